The van der Waals surface area contributed by atoms with E-state index in [2.05, 4.69) is 16.0 Å². The van der Waals surface area contributed by atoms with Gasteiger partial charge in [0.2, 0.25) is 5.91 Å². The van der Waals surface area contributed by atoms with Crippen molar-refractivity contribution in [2.45, 2.75) is 72.8 Å². The minimum atomic E-state index is -5.20. The third-order valence-electron chi connectivity index (χ3n) is 12.9. The number of hydrogen-bond donors (Lipinski definition) is 7. The molecule has 20 nitrogen and oxygen atoms in total. The fourth-order valence-electron chi connectivity index (χ4n) is 8.99. The number of halogens is 1. The molecule has 4 aromatic carbocycles. The fourth-order valence-corrected chi connectivity index (χ4v) is 10.5. The number of hydrogen-bond acceptors (Lipinski definition) is 15. The van der Waals surface area contributed by atoms with Crippen molar-refractivity contribution in [1.82, 2.24) is 20.9 Å². The predicted molar refractivity (Wildman–Crippen MR) is 256 cm³/mol. The molecular formula is C49H51FN6O14S2. The quantitative estimate of drug-likeness (QED) is 0.0239. The third kappa shape index (κ3) is 10.1. The Balaban J connectivity index is 0.846. The van der Waals surface area contributed by atoms with Crippen LogP contribution in [0, 0.1) is 5.82 Å². The lowest BCUT2D eigenvalue weighted by atomic mass is 9.77. The molecular weight excluding hydrogens is 980 g/mol. The van der Waals surface area contributed by atoms with Gasteiger partial charge in [0.15, 0.2) is 26.9 Å². The Morgan fingerprint density at radius 3 is 1.92 bits per heavy atom. The highest BCUT2D eigenvalue weighted by atomic mass is 32.2. The molecule has 8 rings (SSSR count). The molecule has 1 saturated carbocycles. The Labute approximate surface area is 413 Å². The molecule has 5 aromatic rings. The first kappa shape index (κ1) is 51.3. The van der Waals surface area contributed by atoms with Gasteiger partial charge in [0.1, 0.15) is 17.1 Å². The van der Waals surface area contributed by atoms with E-state index in [9.17, 15) is 49.5 Å². The molecule has 2 aliphatic heterocycles. The summed E-state index contributed by atoms with van der Waals surface area (Å²) in [5, 5.41) is 8.46. The van der Waals surface area contributed by atoms with Crippen LogP contribution in [0.2, 0.25) is 0 Å². The van der Waals surface area contributed by atoms with Gasteiger partial charge in [0.05, 0.1) is 43.4 Å². The highest BCUT2D eigenvalue weighted by Gasteiger charge is 2.56. The Bertz CT molecular complexity index is 3130. The number of anilines is 2. The van der Waals surface area contributed by atoms with Gasteiger partial charge in [-0.2, -0.15) is 16.8 Å². The first-order valence-electron chi connectivity index (χ1n) is 22.9. The summed E-state index contributed by atoms with van der Waals surface area (Å²) in [6.45, 7) is 4.19. The van der Waals surface area contributed by atoms with Crippen LogP contribution in [-0.4, -0.2) is 99.7 Å². The van der Waals surface area contributed by atoms with E-state index < -0.39 is 81.8 Å². The van der Waals surface area contributed by atoms with Crippen LogP contribution in [0.25, 0.3) is 0 Å². The Hall–Kier alpha value is -7.02. The van der Waals surface area contributed by atoms with Crippen LogP contribution in [0.5, 0.6) is 11.5 Å². The van der Waals surface area contributed by atoms with Crippen molar-refractivity contribution in [3.05, 3.63) is 135 Å². The molecule has 1 spiro atoms. The molecule has 1 fully saturated rings. The number of carbonyl (C=O) groups is 4. The van der Waals surface area contributed by atoms with Crippen molar-refractivity contribution in [3.63, 3.8) is 0 Å². The molecule has 0 saturated heterocycles. The number of nitrogens with zero attached hydrogens (tertiary/aromatic N) is 1. The van der Waals surface area contributed by atoms with Crippen LogP contribution in [-0.2, 0) is 51.3 Å². The van der Waals surface area contributed by atoms with E-state index >= 15 is 0 Å². The van der Waals surface area contributed by atoms with Crippen molar-refractivity contribution in [2.75, 3.05) is 51.0 Å². The summed E-state index contributed by atoms with van der Waals surface area (Å²) in [5.74, 6) is -3.89. The zero-order valence-corrected chi connectivity index (χ0v) is 40.6. The lowest BCUT2D eigenvalue weighted by Gasteiger charge is -2.37. The molecule has 380 valence electrons. The van der Waals surface area contributed by atoms with Crippen LogP contribution in [0.3, 0.4) is 0 Å². The summed E-state index contributed by atoms with van der Waals surface area (Å²) in [5.41, 5.74) is 9.68. The highest BCUT2D eigenvalue weighted by molar-refractivity contribution is 7.86. The number of esters is 1. The normalized spacial score (nSPS) is 14.7. The molecule has 0 bridgehead atoms. The Morgan fingerprint density at radius 1 is 0.778 bits per heavy atom. The second-order valence-electron chi connectivity index (χ2n) is 17.4. The molecule has 0 atom stereocenters. The summed E-state index contributed by atoms with van der Waals surface area (Å²) < 4.78 is 108. The van der Waals surface area contributed by atoms with Crippen LogP contribution in [0.4, 0.5) is 15.8 Å². The maximum atomic E-state index is 13.6. The van der Waals surface area contributed by atoms with Gasteiger partial charge < -0.3 is 46.4 Å². The van der Waals surface area contributed by atoms with E-state index in [1.807, 2.05) is 6.07 Å². The van der Waals surface area contributed by atoms with Gasteiger partial charge in [0, 0.05) is 47.5 Å². The van der Waals surface area contributed by atoms with Crippen molar-refractivity contribution in [2.24, 2.45) is 0 Å². The topological polar surface area (TPSA) is 315 Å². The van der Waals surface area contributed by atoms with Gasteiger partial charge in [-0.05, 0) is 103 Å². The summed E-state index contributed by atoms with van der Waals surface area (Å²) in [6.07, 6.45) is 3.11. The number of rotatable bonds is 20. The smallest absolute Gasteiger partial charge is 0.340 e. The number of aromatic nitrogens is 1. The molecule has 0 radical (unpaired) electrons. The number of pyridine rings is 1. The van der Waals surface area contributed by atoms with Crippen molar-refractivity contribution in [3.8, 4) is 11.5 Å². The van der Waals surface area contributed by atoms with E-state index in [4.69, 9.17) is 35.4 Å². The molecule has 1 aliphatic carbocycles. The second-order valence-corrected chi connectivity index (χ2v) is 20.1. The summed E-state index contributed by atoms with van der Waals surface area (Å²) in [6, 6.07) is 18.3. The lowest BCUT2D eigenvalue weighted by Crippen LogP contribution is -2.58. The zero-order valence-electron chi connectivity index (χ0n) is 39.0. The first-order chi connectivity index (χ1) is 34.2. The molecule has 23 heteroatoms. The Morgan fingerprint density at radius 2 is 1.36 bits per heavy atom. The summed E-state index contributed by atoms with van der Waals surface area (Å²) in [7, 11) is -10.4. The molecule has 1 aromatic heterocycles. The molecule has 0 unspecified atom stereocenters. The third-order valence-corrected chi connectivity index (χ3v) is 14.7. The summed E-state index contributed by atoms with van der Waals surface area (Å²) >= 11 is 0. The molecule has 9 N–H and O–H groups in total. The molecule has 3 amide bonds. The van der Waals surface area contributed by atoms with E-state index in [1.165, 1.54) is 42.5 Å². The lowest BCUT2D eigenvalue weighted by molar-refractivity contribution is -0.128. The molecule has 3 aliphatic rings. The maximum Gasteiger partial charge on any atom is 0.340 e. The van der Waals surface area contributed by atoms with Crippen molar-refractivity contribution in [1.29, 1.82) is 0 Å². The number of benzene rings is 4. The number of ether oxygens (including phenoxy) is 4. The van der Waals surface area contributed by atoms with Crippen LogP contribution in [0.1, 0.15) is 110 Å². The van der Waals surface area contributed by atoms with Gasteiger partial charge in [-0.15, -0.1) is 0 Å². The van der Waals surface area contributed by atoms with Gasteiger partial charge in [0.25, 0.3) is 32.1 Å². The largest absolute Gasteiger partial charge is 0.453 e. The van der Waals surface area contributed by atoms with Crippen LogP contribution < -0.4 is 32.2 Å². The molecule has 72 heavy (non-hydrogen) atoms. The standard InChI is InChI=1S/C49H51FN6O14S2/c1-3-48(4-2,56-45(58)38-18-13-31(28-7-8-28)39(55-38)25-27-5-10-30(50)11-6-27)47(60)54-20-22-68-24-23-67-21-19-53-44(57)29-9-12-32-35(26-29)49(70-46(32)59)33-14-16-36(51)42(71(61,62)63)40(33)69-41-34(49)15-17-37(52)43(41)72(64,65)66/h5-6,9-18,26,28H,3-4,7-8,19-25,51-52H2,1-2H3,(H,53,57)(H,54,60)(H,56,58)(H,61,62,63)(H,64,65,66). The minimum Gasteiger partial charge on any atom is -0.453 e. The van der Waals surface area contributed by atoms with Crippen LogP contribution >= 0.6 is 0 Å². The van der Waals surface area contributed by atoms with Gasteiger partial charge in [-0.25, -0.2) is 14.2 Å². The van der Waals surface area contributed by atoms with Gasteiger partial charge in [-0.3, -0.25) is 23.5 Å². The van der Waals surface area contributed by atoms with Crippen LogP contribution in [0.15, 0.2) is 88.7 Å². The number of nitrogen functional groups attached to an aromatic ring is 2. The first-order valence-corrected chi connectivity index (χ1v) is 25.8. The van der Waals surface area contributed by atoms with Crippen molar-refractivity contribution >= 4 is 55.3 Å². The summed E-state index contributed by atoms with van der Waals surface area (Å²) in [4.78, 5) is 56.9. The van der Waals surface area contributed by atoms with E-state index in [1.54, 1.807) is 32.0 Å². The van der Waals surface area contributed by atoms with E-state index in [0.29, 0.717) is 25.2 Å². The SMILES string of the molecule is CCC(CC)(NC(=O)c1ccc(C2CC2)c(Cc2ccc(F)cc2)n1)C(=O)NCCOCCOCCNC(=O)c1ccc2c(c1)C1(OC2=O)c2ccc(N)c(S(=O)(=O)O)c2Oc2c1ccc(N)c2S(=O)(=O)O. The monoisotopic (exact) mass is 1030 g/mol. The maximum absolute atomic E-state index is 13.6. The highest BCUT2D eigenvalue weighted by Crippen LogP contribution is 2.60. The average molecular weight is 1030 g/mol. The fraction of sp³-hybridized carbons (Fsp3) is 0.327. The average Bonchev–Trinajstić information content (AvgIpc) is 4.14. The number of nitrogens with two attached hydrogens (primary N) is 2. The minimum absolute atomic E-state index is 0.0103. The second kappa shape index (κ2) is 20.2. The number of carbonyl (C=O) groups excluding carboxylic acids is 4. The van der Waals surface area contributed by atoms with E-state index in [0.717, 1.165) is 41.8 Å². The molecule has 3 heterocycles. The number of nitrogens with one attached hydrogen (secondary N) is 3. The van der Waals surface area contributed by atoms with E-state index in [-0.39, 0.29) is 84.8 Å². The number of amides is 3. The van der Waals surface area contributed by atoms with Gasteiger partial charge in [-0.1, -0.05) is 32.0 Å². The number of fused-ring (bicyclic) bond motifs is 6. The Kier molecular flexibility index (Phi) is 14.4. The predicted octanol–water partition coefficient (Wildman–Crippen LogP) is 4.78. The zero-order chi connectivity index (χ0) is 51.8. The van der Waals surface area contributed by atoms with Gasteiger partial charge >= 0.3 is 5.97 Å². The van der Waals surface area contributed by atoms with Crippen molar-refractivity contribution < 1.29 is 68.5 Å².